The van der Waals surface area contributed by atoms with Crippen molar-refractivity contribution in [1.29, 1.82) is 0 Å². The van der Waals surface area contributed by atoms with Crippen LogP contribution in [0.2, 0.25) is 5.02 Å². The van der Waals surface area contributed by atoms with Gasteiger partial charge < -0.3 is 24.7 Å². The van der Waals surface area contributed by atoms with Crippen LogP contribution in [0.25, 0.3) is 22.3 Å². The Balaban J connectivity index is 1.85. The number of halogens is 1. The number of piperazine rings is 1. The van der Waals surface area contributed by atoms with E-state index in [-0.39, 0.29) is 5.56 Å². The number of aromatic amines is 1. The molecule has 1 aliphatic heterocycles. The van der Waals surface area contributed by atoms with E-state index in [4.69, 9.17) is 21.1 Å². The number of nitrogens with one attached hydrogen (secondary N) is 2. The number of benzene rings is 2. The Hall–Kier alpha value is -2.77. The van der Waals surface area contributed by atoms with Crippen LogP contribution in [0, 0.1) is 0 Å². The second-order valence-corrected chi connectivity index (χ2v) is 7.01. The maximum Gasteiger partial charge on any atom is 0.262 e. The van der Waals surface area contributed by atoms with Crippen LogP contribution in [0.5, 0.6) is 11.5 Å². The molecule has 0 saturated carbocycles. The fraction of sp³-hybridized carbons (Fsp3) is 0.300. The standard InChI is InChI=1S/C20H21ClN4O3/c1-27-15-10-16-18(17(11-15)28-2)20(26)24-19(23-16)12-7-13(21)9-14(8-12)25-5-3-22-4-6-25/h7-11,22H,3-6H2,1-2H3,(H,23,24,26). The number of anilines is 1. The van der Waals surface area contributed by atoms with E-state index >= 15 is 0 Å². The first-order valence-electron chi connectivity index (χ1n) is 9.01. The minimum Gasteiger partial charge on any atom is -0.497 e. The number of rotatable bonds is 4. The van der Waals surface area contributed by atoms with Crippen molar-refractivity contribution in [3.8, 4) is 22.9 Å². The largest absolute Gasteiger partial charge is 0.497 e. The van der Waals surface area contributed by atoms with Gasteiger partial charge in [-0.25, -0.2) is 4.98 Å². The molecular formula is C20H21ClN4O3. The summed E-state index contributed by atoms with van der Waals surface area (Å²) in [5, 5.41) is 4.32. The molecular weight excluding hydrogens is 380 g/mol. The lowest BCUT2D eigenvalue weighted by Gasteiger charge is -2.29. The molecule has 1 fully saturated rings. The van der Waals surface area contributed by atoms with Gasteiger partial charge in [-0.1, -0.05) is 11.6 Å². The Bertz CT molecular complexity index is 1080. The maximum absolute atomic E-state index is 12.8. The first-order chi connectivity index (χ1) is 13.6. The minimum absolute atomic E-state index is 0.275. The van der Waals surface area contributed by atoms with Gasteiger partial charge in [0.1, 0.15) is 22.7 Å². The number of H-pyrrole nitrogens is 1. The van der Waals surface area contributed by atoms with Gasteiger partial charge in [0.25, 0.3) is 5.56 Å². The molecule has 3 aromatic rings. The zero-order chi connectivity index (χ0) is 19.7. The lowest BCUT2D eigenvalue weighted by atomic mass is 10.1. The van der Waals surface area contributed by atoms with E-state index in [1.807, 2.05) is 12.1 Å². The van der Waals surface area contributed by atoms with Crippen LogP contribution < -0.4 is 25.2 Å². The monoisotopic (exact) mass is 400 g/mol. The van der Waals surface area contributed by atoms with Gasteiger partial charge in [0, 0.05) is 54.6 Å². The highest BCUT2D eigenvalue weighted by Gasteiger charge is 2.16. The van der Waals surface area contributed by atoms with Gasteiger partial charge in [-0.2, -0.15) is 0 Å². The Kier molecular flexibility index (Phi) is 5.11. The third-order valence-electron chi connectivity index (χ3n) is 4.84. The molecule has 0 radical (unpaired) electrons. The molecule has 7 nitrogen and oxygen atoms in total. The molecule has 0 aliphatic carbocycles. The van der Waals surface area contributed by atoms with Crippen LogP contribution in [0.4, 0.5) is 5.69 Å². The Morgan fingerprint density at radius 3 is 2.57 bits per heavy atom. The molecule has 4 rings (SSSR count). The quantitative estimate of drug-likeness (QED) is 0.701. The molecule has 2 aromatic carbocycles. The van der Waals surface area contributed by atoms with Crippen molar-refractivity contribution < 1.29 is 9.47 Å². The van der Waals surface area contributed by atoms with Crippen molar-refractivity contribution in [2.75, 3.05) is 45.3 Å². The van der Waals surface area contributed by atoms with E-state index < -0.39 is 0 Å². The van der Waals surface area contributed by atoms with Crippen LogP contribution in [0.15, 0.2) is 35.1 Å². The molecule has 2 N–H and O–H groups in total. The van der Waals surface area contributed by atoms with Crippen molar-refractivity contribution in [3.63, 3.8) is 0 Å². The van der Waals surface area contributed by atoms with Gasteiger partial charge in [0.2, 0.25) is 0 Å². The second kappa shape index (κ2) is 7.69. The molecule has 1 aliphatic rings. The second-order valence-electron chi connectivity index (χ2n) is 6.57. The third kappa shape index (κ3) is 3.50. The average Bonchev–Trinajstić information content (AvgIpc) is 2.72. The van der Waals surface area contributed by atoms with Crippen LogP contribution >= 0.6 is 11.6 Å². The number of fused-ring (bicyclic) bond motifs is 1. The third-order valence-corrected chi connectivity index (χ3v) is 5.06. The smallest absolute Gasteiger partial charge is 0.262 e. The highest BCUT2D eigenvalue weighted by atomic mass is 35.5. The van der Waals surface area contributed by atoms with Gasteiger partial charge in [-0.15, -0.1) is 0 Å². The first-order valence-corrected chi connectivity index (χ1v) is 9.39. The van der Waals surface area contributed by atoms with Crippen LogP contribution in [-0.4, -0.2) is 50.4 Å². The van der Waals surface area contributed by atoms with Crippen molar-refractivity contribution in [2.24, 2.45) is 0 Å². The predicted octanol–water partition coefficient (Wildman–Crippen LogP) is 2.67. The molecule has 0 amide bonds. The zero-order valence-corrected chi connectivity index (χ0v) is 16.5. The Morgan fingerprint density at radius 1 is 1.07 bits per heavy atom. The molecule has 1 aromatic heterocycles. The molecule has 0 spiro atoms. The lowest BCUT2D eigenvalue weighted by Crippen LogP contribution is -2.43. The highest BCUT2D eigenvalue weighted by molar-refractivity contribution is 6.31. The van der Waals surface area contributed by atoms with Crippen molar-refractivity contribution in [2.45, 2.75) is 0 Å². The summed E-state index contributed by atoms with van der Waals surface area (Å²) in [6.45, 7) is 3.64. The van der Waals surface area contributed by atoms with Crippen molar-refractivity contribution in [3.05, 3.63) is 45.7 Å². The number of ether oxygens (including phenoxy) is 2. The average molecular weight is 401 g/mol. The lowest BCUT2D eigenvalue weighted by molar-refractivity contribution is 0.397. The fourth-order valence-electron chi connectivity index (χ4n) is 3.44. The molecule has 0 bridgehead atoms. The van der Waals surface area contributed by atoms with E-state index in [9.17, 15) is 4.79 Å². The van der Waals surface area contributed by atoms with Gasteiger partial charge in [-0.05, 0) is 18.2 Å². The number of nitrogens with zero attached hydrogens (tertiary/aromatic N) is 2. The predicted molar refractivity (Wildman–Crippen MR) is 111 cm³/mol. The molecule has 8 heteroatoms. The Morgan fingerprint density at radius 2 is 1.86 bits per heavy atom. The van der Waals surface area contributed by atoms with Crippen LogP contribution in [0.3, 0.4) is 0 Å². The van der Waals surface area contributed by atoms with Crippen LogP contribution in [0.1, 0.15) is 0 Å². The first kappa shape index (κ1) is 18.6. The molecule has 146 valence electrons. The number of hydrogen-bond donors (Lipinski definition) is 2. The molecule has 0 atom stereocenters. The summed E-state index contributed by atoms with van der Waals surface area (Å²) in [6, 6.07) is 9.12. The van der Waals surface area contributed by atoms with E-state index in [2.05, 4.69) is 20.2 Å². The van der Waals surface area contributed by atoms with E-state index in [1.165, 1.54) is 7.11 Å². The summed E-state index contributed by atoms with van der Waals surface area (Å²) < 4.78 is 10.6. The topological polar surface area (TPSA) is 79.5 Å². The summed E-state index contributed by atoms with van der Waals surface area (Å²) >= 11 is 6.37. The molecule has 28 heavy (non-hydrogen) atoms. The van der Waals surface area contributed by atoms with E-state index in [0.29, 0.717) is 33.2 Å². The minimum atomic E-state index is -0.275. The van der Waals surface area contributed by atoms with Gasteiger partial charge in [-0.3, -0.25) is 4.79 Å². The van der Waals surface area contributed by atoms with E-state index in [1.54, 1.807) is 25.3 Å². The maximum atomic E-state index is 12.8. The summed E-state index contributed by atoms with van der Waals surface area (Å²) in [5.41, 5.74) is 1.98. The van der Waals surface area contributed by atoms with Crippen molar-refractivity contribution in [1.82, 2.24) is 15.3 Å². The van der Waals surface area contributed by atoms with Gasteiger partial charge in [0.15, 0.2) is 0 Å². The number of aromatic nitrogens is 2. The highest BCUT2D eigenvalue weighted by Crippen LogP contribution is 2.31. The Labute approximate surface area is 167 Å². The molecule has 1 saturated heterocycles. The summed E-state index contributed by atoms with van der Waals surface area (Å²) in [6.07, 6.45) is 0. The summed E-state index contributed by atoms with van der Waals surface area (Å²) in [5.74, 6) is 1.44. The number of methoxy groups -OCH3 is 2. The number of hydrogen-bond acceptors (Lipinski definition) is 6. The van der Waals surface area contributed by atoms with Crippen LogP contribution in [-0.2, 0) is 0 Å². The zero-order valence-electron chi connectivity index (χ0n) is 15.7. The fourth-order valence-corrected chi connectivity index (χ4v) is 3.67. The summed E-state index contributed by atoms with van der Waals surface area (Å²) in [4.78, 5) is 22.5. The molecule has 0 unspecified atom stereocenters. The van der Waals surface area contributed by atoms with Gasteiger partial charge >= 0.3 is 0 Å². The SMILES string of the molecule is COc1cc(OC)c2c(=O)[nH]c(-c3cc(Cl)cc(N4CCNCC4)c3)nc2c1. The normalized spacial score (nSPS) is 14.3. The molecule has 2 heterocycles. The van der Waals surface area contributed by atoms with Crippen molar-refractivity contribution >= 4 is 28.2 Å². The summed E-state index contributed by atoms with van der Waals surface area (Å²) in [7, 11) is 3.07. The van der Waals surface area contributed by atoms with Gasteiger partial charge in [0.05, 0.1) is 19.7 Å². The van der Waals surface area contributed by atoms with E-state index in [0.717, 1.165) is 37.4 Å².